The second-order valence-electron chi connectivity index (χ2n) is 6.75. The second kappa shape index (κ2) is 9.04. The maximum Gasteiger partial charge on any atom is 0.338 e. The summed E-state index contributed by atoms with van der Waals surface area (Å²) in [5.41, 5.74) is 1.10. The maximum absolute atomic E-state index is 12.1. The van der Waals surface area contributed by atoms with Crippen LogP contribution in [0.2, 0.25) is 0 Å². The van der Waals surface area contributed by atoms with Gasteiger partial charge in [0.1, 0.15) is 12.4 Å². The standard InChI is InChI=1S/C21H25NO4/c1-16(23)22-21(2,3)13-14-25-19-11-9-18(10-12-19)20(24)26-15-17-7-5-4-6-8-17/h4-12H,13-15H2,1-3H3,(H,22,23). The van der Waals surface area contributed by atoms with Crippen LogP contribution in [-0.4, -0.2) is 24.0 Å². The number of carbonyl (C=O) groups is 2. The summed E-state index contributed by atoms with van der Waals surface area (Å²) in [4.78, 5) is 23.2. The molecule has 0 aliphatic carbocycles. The number of hydrogen-bond acceptors (Lipinski definition) is 4. The first-order valence-electron chi connectivity index (χ1n) is 8.58. The van der Waals surface area contributed by atoms with Gasteiger partial charge in [-0.25, -0.2) is 4.79 Å². The predicted octanol–water partition coefficient (Wildman–Crippen LogP) is 3.73. The van der Waals surface area contributed by atoms with Crippen molar-refractivity contribution >= 4 is 11.9 Å². The molecule has 0 saturated carbocycles. The Bertz CT molecular complexity index is 723. The predicted molar refractivity (Wildman–Crippen MR) is 100 cm³/mol. The maximum atomic E-state index is 12.1. The second-order valence-corrected chi connectivity index (χ2v) is 6.75. The van der Waals surface area contributed by atoms with Crippen LogP contribution in [0.1, 0.15) is 43.1 Å². The highest BCUT2D eigenvalue weighted by atomic mass is 16.5. The molecule has 0 unspecified atom stereocenters. The fourth-order valence-electron chi connectivity index (χ4n) is 2.46. The minimum atomic E-state index is -0.368. The zero-order chi connectivity index (χ0) is 19.0. The van der Waals surface area contributed by atoms with E-state index in [1.807, 2.05) is 44.2 Å². The third-order valence-corrected chi connectivity index (χ3v) is 3.81. The SMILES string of the molecule is CC(=O)NC(C)(C)CCOc1ccc(C(=O)OCc2ccccc2)cc1. The molecule has 1 N–H and O–H groups in total. The summed E-state index contributed by atoms with van der Waals surface area (Å²) >= 11 is 0. The summed E-state index contributed by atoms with van der Waals surface area (Å²) in [6.07, 6.45) is 0.674. The van der Waals surface area contributed by atoms with Gasteiger partial charge in [0, 0.05) is 18.9 Å². The van der Waals surface area contributed by atoms with Crippen LogP contribution in [0.5, 0.6) is 5.75 Å². The van der Waals surface area contributed by atoms with Gasteiger partial charge in [0.05, 0.1) is 12.2 Å². The van der Waals surface area contributed by atoms with E-state index in [1.54, 1.807) is 24.3 Å². The number of carbonyl (C=O) groups excluding carboxylic acids is 2. The van der Waals surface area contributed by atoms with Gasteiger partial charge in [0.2, 0.25) is 5.91 Å². The summed E-state index contributed by atoms with van der Waals surface area (Å²) in [6.45, 7) is 6.10. The molecule has 0 aromatic heterocycles. The molecule has 0 heterocycles. The molecule has 0 fully saturated rings. The topological polar surface area (TPSA) is 64.6 Å². The molecule has 0 radical (unpaired) electrons. The molecule has 2 aromatic rings. The lowest BCUT2D eigenvalue weighted by Gasteiger charge is -2.25. The van der Waals surface area contributed by atoms with E-state index in [9.17, 15) is 9.59 Å². The first-order chi connectivity index (χ1) is 12.4. The Morgan fingerprint density at radius 3 is 2.27 bits per heavy atom. The highest BCUT2D eigenvalue weighted by Crippen LogP contribution is 2.16. The van der Waals surface area contributed by atoms with Crippen molar-refractivity contribution in [1.29, 1.82) is 0 Å². The van der Waals surface area contributed by atoms with Crippen LogP contribution in [0.25, 0.3) is 0 Å². The monoisotopic (exact) mass is 355 g/mol. The summed E-state index contributed by atoms with van der Waals surface area (Å²) in [7, 11) is 0. The van der Waals surface area contributed by atoms with Gasteiger partial charge in [0.25, 0.3) is 0 Å². The number of ether oxygens (including phenoxy) is 2. The van der Waals surface area contributed by atoms with Gasteiger partial charge in [0.15, 0.2) is 0 Å². The van der Waals surface area contributed by atoms with E-state index in [4.69, 9.17) is 9.47 Å². The zero-order valence-corrected chi connectivity index (χ0v) is 15.5. The summed E-state index contributed by atoms with van der Waals surface area (Å²) < 4.78 is 11.0. The van der Waals surface area contributed by atoms with E-state index < -0.39 is 0 Å². The Labute approximate surface area is 154 Å². The third kappa shape index (κ3) is 6.59. The molecule has 2 aromatic carbocycles. The van der Waals surface area contributed by atoms with Crippen molar-refractivity contribution in [3.63, 3.8) is 0 Å². The Kier molecular flexibility index (Phi) is 6.78. The highest BCUT2D eigenvalue weighted by molar-refractivity contribution is 5.89. The molecule has 0 bridgehead atoms. The normalized spacial score (nSPS) is 10.9. The molecular formula is C21H25NO4. The Hall–Kier alpha value is -2.82. The van der Waals surface area contributed by atoms with Gasteiger partial charge >= 0.3 is 5.97 Å². The number of rotatable bonds is 8. The Balaban J connectivity index is 1.80. The quantitative estimate of drug-likeness (QED) is 0.733. The molecule has 0 saturated heterocycles. The summed E-state index contributed by atoms with van der Waals surface area (Å²) in [5.74, 6) is 0.240. The molecule has 5 nitrogen and oxygen atoms in total. The molecule has 0 aliphatic rings. The van der Waals surface area contributed by atoms with Crippen molar-refractivity contribution in [2.24, 2.45) is 0 Å². The third-order valence-electron chi connectivity index (χ3n) is 3.81. The van der Waals surface area contributed by atoms with Crippen molar-refractivity contribution in [2.45, 2.75) is 39.3 Å². The van der Waals surface area contributed by atoms with Gasteiger partial charge in [-0.15, -0.1) is 0 Å². The molecule has 5 heteroatoms. The van der Waals surface area contributed by atoms with Crippen LogP contribution in [0.3, 0.4) is 0 Å². The largest absolute Gasteiger partial charge is 0.494 e. The van der Waals surface area contributed by atoms with E-state index in [-0.39, 0.29) is 24.0 Å². The molecular weight excluding hydrogens is 330 g/mol. The summed E-state index contributed by atoms with van der Waals surface area (Å²) in [5, 5.41) is 2.88. The number of esters is 1. The van der Waals surface area contributed by atoms with Crippen LogP contribution in [-0.2, 0) is 16.1 Å². The average molecular weight is 355 g/mol. The lowest BCUT2D eigenvalue weighted by Crippen LogP contribution is -2.43. The number of benzene rings is 2. The van der Waals surface area contributed by atoms with E-state index in [1.165, 1.54) is 6.92 Å². The van der Waals surface area contributed by atoms with E-state index in [2.05, 4.69) is 5.32 Å². The van der Waals surface area contributed by atoms with Gasteiger partial charge in [-0.3, -0.25) is 4.79 Å². The highest BCUT2D eigenvalue weighted by Gasteiger charge is 2.18. The first kappa shape index (κ1) is 19.5. The van der Waals surface area contributed by atoms with Crippen molar-refractivity contribution in [2.75, 3.05) is 6.61 Å². The fourth-order valence-corrected chi connectivity index (χ4v) is 2.46. The van der Waals surface area contributed by atoms with E-state index in [0.29, 0.717) is 24.3 Å². The van der Waals surface area contributed by atoms with Crippen molar-refractivity contribution in [1.82, 2.24) is 5.32 Å². The fraction of sp³-hybridized carbons (Fsp3) is 0.333. The van der Waals surface area contributed by atoms with Crippen molar-refractivity contribution in [3.05, 3.63) is 65.7 Å². The minimum absolute atomic E-state index is 0.0617. The molecule has 0 aliphatic heterocycles. The van der Waals surface area contributed by atoms with Crippen LogP contribution in [0, 0.1) is 0 Å². The zero-order valence-electron chi connectivity index (χ0n) is 15.5. The molecule has 0 atom stereocenters. The smallest absolute Gasteiger partial charge is 0.338 e. The molecule has 1 amide bonds. The van der Waals surface area contributed by atoms with Crippen LogP contribution >= 0.6 is 0 Å². The minimum Gasteiger partial charge on any atom is -0.494 e. The van der Waals surface area contributed by atoms with Gasteiger partial charge in [-0.2, -0.15) is 0 Å². The lowest BCUT2D eigenvalue weighted by atomic mass is 10.0. The van der Waals surface area contributed by atoms with Crippen LogP contribution < -0.4 is 10.1 Å². The number of nitrogens with one attached hydrogen (secondary N) is 1. The molecule has 2 rings (SSSR count). The van der Waals surface area contributed by atoms with Crippen molar-refractivity contribution < 1.29 is 19.1 Å². The van der Waals surface area contributed by atoms with Gasteiger partial charge in [-0.1, -0.05) is 30.3 Å². The molecule has 138 valence electrons. The molecule has 0 spiro atoms. The number of amides is 1. The summed E-state index contributed by atoms with van der Waals surface area (Å²) in [6, 6.07) is 16.4. The Morgan fingerprint density at radius 2 is 1.65 bits per heavy atom. The number of hydrogen-bond donors (Lipinski definition) is 1. The lowest BCUT2D eigenvalue weighted by molar-refractivity contribution is -0.120. The first-order valence-corrected chi connectivity index (χ1v) is 8.58. The van der Waals surface area contributed by atoms with Crippen LogP contribution in [0.15, 0.2) is 54.6 Å². The van der Waals surface area contributed by atoms with E-state index in [0.717, 1.165) is 5.56 Å². The van der Waals surface area contributed by atoms with E-state index >= 15 is 0 Å². The van der Waals surface area contributed by atoms with Gasteiger partial charge < -0.3 is 14.8 Å². The van der Waals surface area contributed by atoms with Crippen molar-refractivity contribution in [3.8, 4) is 5.75 Å². The Morgan fingerprint density at radius 1 is 1.00 bits per heavy atom. The molecule has 26 heavy (non-hydrogen) atoms. The van der Waals surface area contributed by atoms with Gasteiger partial charge in [-0.05, 0) is 43.7 Å². The van der Waals surface area contributed by atoms with Crippen LogP contribution in [0.4, 0.5) is 0 Å². The average Bonchev–Trinajstić information content (AvgIpc) is 2.60.